The van der Waals surface area contributed by atoms with Gasteiger partial charge in [0.05, 0.1) is 4.90 Å². The highest BCUT2D eigenvalue weighted by atomic mass is 32.2. The highest BCUT2D eigenvalue weighted by Crippen LogP contribution is 2.40. The summed E-state index contributed by atoms with van der Waals surface area (Å²) in [6, 6.07) is 9.89. The van der Waals surface area contributed by atoms with E-state index in [2.05, 4.69) is 53.1 Å². The number of nitrogens with zero attached hydrogens (tertiary/aromatic N) is 1. The molecule has 0 bridgehead atoms. The second-order valence-electron chi connectivity index (χ2n) is 8.34. The zero-order valence-electron chi connectivity index (χ0n) is 17.8. The van der Waals surface area contributed by atoms with Gasteiger partial charge in [0.25, 0.3) is 10.0 Å². The van der Waals surface area contributed by atoms with Gasteiger partial charge >= 0.3 is 0 Å². The first-order chi connectivity index (χ1) is 11.9. The largest absolute Gasteiger partial charge is 0.271 e. The quantitative estimate of drug-likeness (QED) is 0.360. The molecule has 0 saturated carbocycles. The maximum absolute atomic E-state index is 13.2. The zero-order valence-corrected chi connectivity index (χ0v) is 19.6. The molecule has 146 valence electrons. The molecule has 0 aromatic heterocycles. The fraction of sp³-hybridized carbons (Fsp3) is 0.619. The average Bonchev–Trinajstić information content (AvgIpc) is 2.50. The van der Waals surface area contributed by atoms with Crippen LogP contribution in [0.2, 0.25) is 16.6 Å². The molecular weight excluding hydrogens is 358 g/mol. The second-order valence-corrected chi connectivity index (χ2v) is 15.7. The molecule has 0 aliphatic carbocycles. The molecule has 0 spiro atoms. The van der Waals surface area contributed by atoms with Gasteiger partial charge in [-0.15, -0.1) is 5.54 Å². The van der Waals surface area contributed by atoms with Crippen LogP contribution in [-0.2, 0) is 10.0 Å². The van der Waals surface area contributed by atoms with E-state index in [9.17, 15) is 8.42 Å². The van der Waals surface area contributed by atoms with Crippen molar-refractivity contribution in [3.05, 3.63) is 29.8 Å². The molecule has 3 nitrogen and oxygen atoms in total. The van der Waals surface area contributed by atoms with Crippen LogP contribution in [0, 0.1) is 18.5 Å². The van der Waals surface area contributed by atoms with Crippen LogP contribution in [-0.4, -0.2) is 26.8 Å². The second kappa shape index (κ2) is 8.62. The van der Waals surface area contributed by atoms with Gasteiger partial charge in [0.1, 0.15) is 8.07 Å². The summed E-state index contributed by atoms with van der Waals surface area (Å²) in [6.45, 7) is 19.1. The fourth-order valence-electron chi connectivity index (χ4n) is 3.88. The van der Waals surface area contributed by atoms with E-state index < -0.39 is 18.1 Å². The van der Waals surface area contributed by atoms with Crippen molar-refractivity contribution in [2.24, 2.45) is 0 Å². The summed E-state index contributed by atoms with van der Waals surface area (Å²) < 4.78 is 27.7. The lowest BCUT2D eigenvalue weighted by atomic mass is 10.2. The van der Waals surface area contributed by atoms with Gasteiger partial charge in [-0.25, -0.2) is 12.7 Å². The Kier molecular flexibility index (Phi) is 7.56. The summed E-state index contributed by atoms with van der Waals surface area (Å²) in [5.41, 5.74) is 5.97. The van der Waals surface area contributed by atoms with Crippen molar-refractivity contribution in [3.8, 4) is 11.6 Å². The highest BCUT2D eigenvalue weighted by Gasteiger charge is 2.42. The molecule has 0 fully saturated rings. The summed E-state index contributed by atoms with van der Waals surface area (Å²) in [5.74, 6) is 0. The Hall–Kier alpha value is -1.25. The Morgan fingerprint density at radius 2 is 1.27 bits per heavy atom. The molecule has 1 aromatic rings. The molecular formula is C21H35NO2SSi. The number of aryl methyl sites for hydroxylation is 1. The summed E-state index contributed by atoms with van der Waals surface area (Å²) in [6.07, 6.45) is 0. The average molecular weight is 394 g/mol. The monoisotopic (exact) mass is 393 g/mol. The van der Waals surface area contributed by atoms with Crippen LogP contribution < -0.4 is 0 Å². The SMILES string of the molecule is Cc1ccc(S(=O)(=O)N(C#C[Si](C(C)C)(C(C)C)C(C)C)C(C)C)cc1. The number of sulfonamides is 1. The van der Waals surface area contributed by atoms with Gasteiger partial charge in [-0.2, -0.15) is 0 Å². The molecule has 0 N–H and O–H groups in total. The van der Waals surface area contributed by atoms with Gasteiger partial charge in [0.15, 0.2) is 0 Å². The molecule has 0 aliphatic heterocycles. The smallest absolute Gasteiger partial charge is 0.222 e. The van der Waals surface area contributed by atoms with Gasteiger partial charge < -0.3 is 0 Å². The van der Waals surface area contributed by atoms with Gasteiger partial charge in [-0.3, -0.25) is 0 Å². The molecule has 1 rings (SSSR count). The van der Waals surface area contributed by atoms with Gasteiger partial charge in [-0.05, 0) is 49.5 Å². The van der Waals surface area contributed by atoms with Crippen molar-refractivity contribution in [2.75, 3.05) is 0 Å². The van der Waals surface area contributed by atoms with Crippen molar-refractivity contribution < 1.29 is 8.42 Å². The van der Waals surface area contributed by atoms with Crippen LogP contribution in [0.3, 0.4) is 0 Å². The molecule has 0 radical (unpaired) electrons. The van der Waals surface area contributed by atoms with E-state index in [-0.39, 0.29) is 6.04 Å². The lowest BCUT2D eigenvalue weighted by Gasteiger charge is -2.38. The molecule has 0 amide bonds. The summed E-state index contributed by atoms with van der Waals surface area (Å²) in [7, 11) is -5.63. The van der Waals surface area contributed by atoms with Crippen LogP contribution in [0.1, 0.15) is 61.0 Å². The predicted octanol–water partition coefficient (Wildman–Crippen LogP) is 5.57. The maximum atomic E-state index is 13.2. The van der Waals surface area contributed by atoms with E-state index in [0.29, 0.717) is 21.5 Å². The molecule has 0 aliphatic rings. The zero-order chi connectivity index (χ0) is 20.3. The van der Waals surface area contributed by atoms with Crippen molar-refractivity contribution >= 4 is 18.1 Å². The fourth-order valence-corrected chi connectivity index (χ4v) is 10.6. The van der Waals surface area contributed by atoms with Crippen molar-refractivity contribution in [2.45, 2.75) is 89.9 Å². The Bertz CT molecular complexity index is 732. The van der Waals surface area contributed by atoms with E-state index in [1.54, 1.807) is 12.1 Å². The molecule has 5 heteroatoms. The molecule has 26 heavy (non-hydrogen) atoms. The summed E-state index contributed by atoms with van der Waals surface area (Å²) >= 11 is 0. The number of hydrogen-bond donors (Lipinski definition) is 0. The van der Waals surface area contributed by atoms with E-state index in [0.717, 1.165) is 5.56 Å². The topological polar surface area (TPSA) is 37.4 Å². The van der Waals surface area contributed by atoms with E-state index in [1.807, 2.05) is 32.9 Å². The molecule has 0 atom stereocenters. The van der Waals surface area contributed by atoms with Crippen molar-refractivity contribution in [1.82, 2.24) is 4.31 Å². The number of hydrogen-bond acceptors (Lipinski definition) is 2. The normalized spacial score (nSPS) is 12.7. The Labute approximate surface area is 162 Å². The molecule has 1 aromatic carbocycles. The third kappa shape index (κ3) is 4.53. The summed E-state index contributed by atoms with van der Waals surface area (Å²) in [4.78, 5) is 0.303. The minimum absolute atomic E-state index is 0.216. The van der Waals surface area contributed by atoms with E-state index in [4.69, 9.17) is 0 Å². The minimum atomic E-state index is -3.63. The minimum Gasteiger partial charge on any atom is -0.222 e. The van der Waals surface area contributed by atoms with Crippen LogP contribution in [0.4, 0.5) is 0 Å². The maximum Gasteiger partial charge on any atom is 0.271 e. The lowest BCUT2D eigenvalue weighted by Crippen LogP contribution is -2.44. The molecule has 0 saturated heterocycles. The highest BCUT2D eigenvalue weighted by molar-refractivity contribution is 7.89. The van der Waals surface area contributed by atoms with E-state index >= 15 is 0 Å². The Morgan fingerprint density at radius 1 is 0.846 bits per heavy atom. The Balaban J connectivity index is 3.49. The third-order valence-electron chi connectivity index (χ3n) is 5.30. The first kappa shape index (κ1) is 22.8. The third-order valence-corrected chi connectivity index (χ3v) is 13.5. The van der Waals surface area contributed by atoms with Gasteiger partial charge in [-0.1, -0.05) is 59.2 Å². The van der Waals surface area contributed by atoms with E-state index in [1.165, 1.54) is 4.31 Å². The molecule has 0 heterocycles. The lowest BCUT2D eigenvalue weighted by molar-refractivity contribution is 0.458. The first-order valence-electron chi connectivity index (χ1n) is 9.51. The van der Waals surface area contributed by atoms with Crippen LogP contribution in [0.15, 0.2) is 29.2 Å². The van der Waals surface area contributed by atoms with Crippen LogP contribution in [0.5, 0.6) is 0 Å². The predicted molar refractivity (Wildman–Crippen MR) is 114 cm³/mol. The Morgan fingerprint density at radius 3 is 1.62 bits per heavy atom. The van der Waals surface area contributed by atoms with Gasteiger partial charge in [0, 0.05) is 12.1 Å². The number of benzene rings is 1. The number of rotatable bonds is 6. The standard InChI is InChI=1S/C21H35NO2SSi/c1-16(2)22(25(23,24)21-12-10-20(9)11-13-21)14-15-26(17(3)4,18(5)6)19(7)8/h10-13,16-19H,1-9H3. The first-order valence-corrected chi connectivity index (χ1v) is 13.2. The molecule has 0 unspecified atom stereocenters. The van der Waals surface area contributed by atoms with Crippen LogP contribution in [0.25, 0.3) is 0 Å². The summed E-state index contributed by atoms with van der Waals surface area (Å²) in [5, 5.41) is 0. The van der Waals surface area contributed by atoms with Crippen molar-refractivity contribution in [1.29, 1.82) is 0 Å². The van der Waals surface area contributed by atoms with Crippen LogP contribution >= 0.6 is 0 Å². The van der Waals surface area contributed by atoms with Gasteiger partial charge in [0.2, 0.25) is 0 Å². The van der Waals surface area contributed by atoms with Crippen molar-refractivity contribution in [3.63, 3.8) is 0 Å².